The van der Waals surface area contributed by atoms with Gasteiger partial charge in [0.15, 0.2) is 6.61 Å². The lowest BCUT2D eigenvalue weighted by atomic mass is 10.2. The average Bonchev–Trinajstić information content (AvgIpc) is 2.44. The van der Waals surface area contributed by atoms with Crippen molar-refractivity contribution in [3.63, 3.8) is 0 Å². The zero-order valence-electron chi connectivity index (χ0n) is 11.2. The zero-order valence-corrected chi connectivity index (χ0v) is 11.2. The van der Waals surface area contributed by atoms with Gasteiger partial charge in [0.05, 0.1) is 0 Å². The molecule has 1 heterocycles. The van der Waals surface area contributed by atoms with E-state index in [1.807, 2.05) is 44.2 Å². The first kappa shape index (κ1) is 13.3. The quantitative estimate of drug-likeness (QED) is 0.896. The summed E-state index contributed by atoms with van der Waals surface area (Å²) in [6, 6.07) is 9.70. The van der Waals surface area contributed by atoms with Crippen LogP contribution in [0.1, 0.15) is 20.3 Å². The summed E-state index contributed by atoms with van der Waals surface area (Å²) in [6.07, 6.45) is 2.62. The molecule has 19 heavy (non-hydrogen) atoms. The number of nitrogens with zero attached hydrogens (tertiary/aromatic N) is 1. The maximum absolute atomic E-state index is 11.7. The van der Waals surface area contributed by atoms with E-state index in [4.69, 9.17) is 4.74 Å². The molecule has 4 heteroatoms. The van der Waals surface area contributed by atoms with Crippen molar-refractivity contribution >= 4 is 16.8 Å². The van der Waals surface area contributed by atoms with Crippen LogP contribution in [-0.4, -0.2) is 23.5 Å². The van der Waals surface area contributed by atoms with Gasteiger partial charge in [-0.2, -0.15) is 0 Å². The summed E-state index contributed by atoms with van der Waals surface area (Å²) in [5.74, 6) is 0.527. The van der Waals surface area contributed by atoms with Crippen LogP contribution in [-0.2, 0) is 4.79 Å². The second-order valence-electron chi connectivity index (χ2n) is 4.50. The van der Waals surface area contributed by atoms with Gasteiger partial charge in [0.1, 0.15) is 11.3 Å². The van der Waals surface area contributed by atoms with E-state index in [9.17, 15) is 4.79 Å². The van der Waals surface area contributed by atoms with Crippen LogP contribution < -0.4 is 10.1 Å². The minimum absolute atomic E-state index is 0.0139. The highest BCUT2D eigenvalue weighted by Crippen LogP contribution is 2.22. The van der Waals surface area contributed by atoms with Gasteiger partial charge < -0.3 is 10.1 Å². The molecule has 0 aliphatic heterocycles. The maximum Gasteiger partial charge on any atom is 0.258 e. The van der Waals surface area contributed by atoms with Gasteiger partial charge in [-0.25, -0.2) is 0 Å². The number of benzene rings is 1. The molecule has 0 aliphatic carbocycles. The SMILES string of the molecule is CC[C@H](C)NC(=O)COc1cccc2cccnc12. The number of rotatable bonds is 5. The first-order valence-corrected chi connectivity index (χ1v) is 6.46. The van der Waals surface area contributed by atoms with E-state index in [0.717, 1.165) is 17.3 Å². The van der Waals surface area contributed by atoms with Crippen molar-refractivity contribution in [3.05, 3.63) is 36.5 Å². The molecule has 0 bridgehead atoms. The Labute approximate surface area is 112 Å². The fourth-order valence-corrected chi connectivity index (χ4v) is 1.75. The number of pyridine rings is 1. The van der Waals surface area contributed by atoms with E-state index in [1.165, 1.54) is 0 Å². The molecule has 0 radical (unpaired) electrons. The molecule has 1 atom stereocenters. The molecule has 1 aromatic heterocycles. The Bertz CT molecular complexity index is 564. The molecule has 0 saturated heterocycles. The number of aromatic nitrogens is 1. The van der Waals surface area contributed by atoms with Crippen LogP contribution in [0.4, 0.5) is 0 Å². The first-order valence-electron chi connectivity index (χ1n) is 6.46. The van der Waals surface area contributed by atoms with E-state index in [0.29, 0.717) is 5.75 Å². The molecule has 1 aromatic carbocycles. The van der Waals surface area contributed by atoms with Crippen molar-refractivity contribution < 1.29 is 9.53 Å². The van der Waals surface area contributed by atoms with Crippen molar-refractivity contribution in [1.82, 2.24) is 10.3 Å². The lowest BCUT2D eigenvalue weighted by Crippen LogP contribution is -2.35. The molecule has 2 aromatic rings. The Morgan fingerprint density at radius 1 is 1.37 bits per heavy atom. The molecule has 1 N–H and O–H groups in total. The predicted molar refractivity (Wildman–Crippen MR) is 75.1 cm³/mol. The monoisotopic (exact) mass is 258 g/mol. The molecule has 0 unspecified atom stereocenters. The van der Waals surface area contributed by atoms with Crippen molar-refractivity contribution in [2.45, 2.75) is 26.3 Å². The summed E-state index contributed by atoms with van der Waals surface area (Å²) in [4.78, 5) is 15.9. The van der Waals surface area contributed by atoms with E-state index >= 15 is 0 Å². The van der Waals surface area contributed by atoms with Gasteiger partial charge in [0.25, 0.3) is 5.91 Å². The molecule has 1 amide bonds. The van der Waals surface area contributed by atoms with Gasteiger partial charge in [0, 0.05) is 17.6 Å². The second-order valence-corrected chi connectivity index (χ2v) is 4.50. The average molecular weight is 258 g/mol. The number of amides is 1. The fraction of sp³-hybridized carbons (Fsp3) is 0.333. The highest BCUT2D eigenvalue weighted by atomic mass is 16.5. The molecule has 2 rings (SSSR count). The Balaban J connectivity index is 2.04. The van der Waals surface area contributed by atoms with Crippen molar-refractivity contribution in [3.8, 4) is 5.75 Å². The number of fused-ring (bicyclic) bond motifs is 1. The normalized spacial score (nSPS) is 12.1. The minimum Gasteiger partial charge on any atom is -0.481 e. The van der Waals surface area contributed by atoms with Gasteiger partial charge in [-0.1, -0.05) is 25.1 Å². The third kappa shape index (κ3) is 3.44. The summed E-state index contributed by atoms with van der Waals surface area (Å²) in [5.41, 5.74) is 0.779. The van der Waals surface area contributed by atoms with E-state index in [1.54, 1.807) is 6.20 Å². The molecular weight excluding hydrogens is 240 g/mol. The molecule has 100 valence electrons. The fourth-order valence-electron chi connectivity index (χ4n) is 1.75. The van der Waals surface area contributed by atoms with E-state index in [2.05, 4.69) is 10.3 Å². The standard InChI is InChI=1S/C15H18N2O2/c1-3-11(2)17-14(18)10-19-13-8-4-6-12-7-5-9-16-15(12)13/h4-9,11H,3,10H2,1-2H3,(H,17,18)/t11-/m0/s1. The number of ether oxygens (including phenoxy) is 1. The van der Waals surface area contributed by atoms with Crippen molar-refractivity contribution in [2.75, 3.05) is 6.61 Å². The van der Waals surface area contributed by atoms with E-state index < -0.39 is 0 Å². The van der Waals surface area contributed by atoms with Gasteiger partial charge in [-0.05, 0) is 25.5 Å². The molecular formula is C15H18N2O2. The topological polar surface area (TPSA) is 51.2 Å². The molecule has 0 aliphatic rings. The second kappa shape index (κ2) is 6.18. The Kier molecular flexibility index (Phi) is 4.34. The Morgan fingerprint density at radius 3 is 2.95 bits per heavy atom. The summed E-state index contributed by atoms with van der Waals surface area (Å²) < 4.78 is 5.55. The van der Waals surface area contributed by atoms with Crippen LogP contribution in [0, 0.1) is 0 Å². The zero-order chi connectivity index (χ0) is 13.7. The third-order valence-corrected chi connectivity index (χ3v) is 2.97. The van der Waals surface area contributed by atoms with Gasteiger partial charge in [-0.15, -0.1) is 0 Å². The van der Waals surface area contributed by atoms with Gasteiger partial charge in [-0.3, -0.25) is 9.78 Å². The lowest BCUT2D eigenvalue weighted by Gasteiger charge is -2.12. The van der Waals surface area contributed by atoms with Crippen LogP contribution in [0.25, 0.3) is 10.9 Å². The van der Waals surface area contributed by atoms with Crippen molar-refractivity contribution in [2.24, 2.45) is 0 Å². The number of para-hydroxylation sites is 1. The van der Waals surface area contributed by atoms with Gasteiger partial charge >= 0.3 is 0 Å². The lowest BCUT2D eigenvalue weighted by molar-refractivity contribution is -0.123. The number of hydrogen-bond donors (Lipinski definition) is 1. The Hall–Kier alpha value is -2.10. The van der Waals surface area contributed by atoms with Crippen LogP contribution in [0.5, 0.6) is 5.75 Å². The van der Waals surface area contributed by atoms with Crippen LogP contribution in [0.15, 0.2) is 36.5 Å². The van der Waals surface area contributed by atoms with E-state index in [-0.39, 0.29) is 18.6 Å². The number of nitrogens with one attached hydrogen (secondary N) is 1. The highest BCUT2D eigenvalue weighted by molar-refractivity contribution is 5.85. The summed E-state index contributed by atoms with van der Waals surface area (Å²) in [5, 5.41) is 3.87. The highest BCUT2D eigenvalue weighted by Gasteiger charge is 2.08. The summed E-state index contributed by atoms with van der Waals surface area (Å²) >= 11 is 0. The number of hydrogen-bond acceptors (Lipinski definition) is 3. The first-order chi connectivity index (χ1) is 9.20. The summed E-state index contributed by atoms with van der Waals surface area (Å²) in [6.45, 7) is 4.01. The molecule has 0 saturated carbocycles. The summed E-state index contributed by atoms with van der Waals surface area (Å²) in [7, 11) is 0. The smallest absolute Gasteiger partial charge is 0.258 e. The number of carbonyl (C=O) groups excluding carboxylic acids is 1. The Morgan fingerprint density at radius 2 is 2.16 bits per heavy atom. The molecule has 0 fully saturated rings. The predicted octanol–water partition coefficient (Wildman–Crippen LogP) is 2.53. The largest absolute Gasteiger partial charge is 0.481 e. The van der Waals surface area contributed by atoms with Crippen molar-refractivity contribution in [1.29, 1.82) is 0 Å². The third-order valence-electron chi connectivity index (χ3n) is 2.97. The van der Waals surface area contributed by atoms with Crippen LogP contribution >= 0.6 is 0 Å². The minimum atomic E-state index is -0.109. The molecule has 0 spiro atoms. The molecule has 4 nitrogen and oxygen atoms in total. The number of carbonyl (C=O) groups is 1. The maximum atomic E-state index is 11.7. The van der Waals surface area contributed by atoms with Gasteiger partial charge in [0.2, 0.25) is 0 Å². The van der Waals surface area contributed by atoms with Crippen LogP contribution in [0.3, 0.4) is 0 Å². The van der Waals surface area contributed by atoms with Crippen LogP contribution in [0.2, 0.25) is 0 Å².